The molecule has 1 rings (SSSR count). The number of rotatable bonds is 5. The van der Waals surface area contributed by atoms with Crippen molar-refractivity contribution in [2.45, 2.75) is 12.6 Å². The van der Waals surface area contributed by atoms with Crippen molar-refractivity contribution >= 4 is 17.2 Å². The zero-order chi connectivity index (χ0) is 14.5. The number of nitriles is 1. The lowest BCUT2D eigenvalue weighted by molar-refractivity contribution is -0.140. The predicted molar refractivity (Wildman–Crippen MR) is 63.1 cm³/mol. The van der Waals surface area contributed by atoms with E-state index in [4.69, 9.17) is 10.00 Å². The molecular weight excluding hydrogens is 281 g/mol. The number of amides is 1. The van der Waals surface area contributed by atoms with Gasteiger partial charge in [0.05, 0.1) is 19.6 Å². The van der Waals surface area contributed by atoms with Crippen LogP contribution in [0.4, 0.5) is 13.2 Å². The Morgan fingerprint density at radius 2 is 2.26 bits per heavy atom. The third-order valence-corrected chi connectivity index (χ3v) is 3.08. The lowest BCUT2D eigenvalue weighted by Crippen LogP contribution is -2.39. The number of carbonyl (C=O) groups excluding carboxylic acids is 1. The second-order valence-electron chi connectivity index (χ2n) is 3.57. The first kappa shape index (κ1) is 15.3. The van der Waals surface area contributed by atoms with E-state index in [0.717, 1.165) is 11.3 Å². The summed E-state index contributed by atoms with van der Waals surface area (Å²) in [5.74, 6) is -0.543. The standard InChI is InChI=1S/C11H11F3N2O2S/c1-18-8-3-6-19-9(8)10(17)16(5-2-4-15)7-11(12,13)14/h3,6H,2,5,7H2,1H3. The van der Waals surface area contributed by atoms with Crippen molar-refractivity contribution in [3.8, 4) is 11.8 Å². The van der Waals surface area contributed by atoms with E-state index in [1.54, 1.807) is 11.4 Å². The fraction of sp³-hybridized carbons (Fsp3) is 0.455. The van der Waals surface area contributed by atoms with Gasteiger partial charge in [-0.2, -0.15) is 18.4 Å². The van der Waals surface area contributed by atoms with Crippen molar-refractivity contribution in [2.75, 3.05) is 20.2 Å². The van der Waals surface area contributed by atoms with E-state index in [-0.39, 0.29) is 23.6 Å². The molecule has 0 unspecified atom stereocenters. The van der Waals surface area contributed by atoms with Crippen LogP contribution in [0.5, 0.6) is 5.75 Å². The average Bonchev–Trinajstić information content (AvgIpc) is 2.80. The van der Waals surface area contributed by atoms with Gasteiger partial charge in [-0.1, -0.05) is 0 Å². The van der Waals surface area contributed by atoms with E-state index < -0.39 is 18.6 Å². The van der Waals surface area contributed by atoms with Crippen LogP contribution in [0.3, 0.4) is 0 Å². The summed E-state index contributed by atoms with van der Waals surface area (Å²) in [6, 6.07) is 3.23. The summed E-state index contributed by atoms with van der Waals surface area (Å²) in [7, 11) is 1.34. The maximum atomic E-state index is 12.4. The number of methoxy groups -OCH3 is 1. The first-order chi connectivity index (χ1) is 8.89. The van der Waals surface area contributed by atoms with Gasteiger partial charge in [-0.25, -0.2) is 0 Å². The maximum Gasteiger partial charge on any atom is 0.406 e. The van der Waals surface area contributed by atoms with Crippen molar-refractivity contribution in [1.82, 2.24) is 4.90 Å². The van der Waals surface area contributed by atoms with Gasteiger partial charge in [0.25, 0.3) is 5.91 Å². The summed E-state index contributed by atoms with van der Waals surface area (Å²) in [5.41, 5.74) is 0. The molecule has 0 aliphatic heterocycles. The molecule has 1 amide bonds. The van der Waals surface area contributed by atoms with Crippen LogP contribution in [-0.4, -0.2) is 37.2 Å². The molecule has 104 valence electrons. The van der Waals surface area contributed by atoms with Crippen LogP contribution >= 0.6 is 11.3 Å². The Kier molecular flexibility index (Phi) is 5.18. The fourth-order valence-electron chi connectivity index (χ4n) is 1.41. The van der Waals surface area contributed by atoms with Gasteiger partial charge in [-0.05, 0) is 11.4 Å². The zero-order valence-electron chi connectivity index (χ0n) is 10.0. The van der Waals surface area contributed by atoms with Gasteiger partial charge < -0.3 is 9.64 Å². The van der Waals surface area contributed by atoms with Crippen LogP contribution in [-0.2, 0) is 0 Å². The quantitative estimate of drug-likeness (QED) is 0.838. The fourth-order valence-corrected chi connectivity index (χ4v) is 2.24. The van der Waals surface area contributed by atoms with Crippen molar-refractivity contribution in [2.24, 2.45) is 0 Å². The molecular formula is C11H11F3N2O2S. The average molecular weight is 292 g/mol. The van der Waals surface area contributed by atoms with Crippen molar-refractivity contribution < 1.29 is 22.7 Å². The topological polar surface area (TPSA) is 53.3 Å². The molecule has 0 spiro atoms. The number of hydrogen-bond donors (Lipinski definition) is 0. The summed E-state index contributed by atoms with van der Waals surface area (Å²) in [6.07, 6.45) is -4.66. The molecule has 0 atom stereocenters. The van der Waals surface area contributed by atoms with Gasteiger partial charge in [-0.15, -0.1) is 11.3 Å². The number of hydrogen-bond acceptors (Lipinski definition) is 4. The van der Waals surface area contributed by atoms with Crippen LogP contribution < -0.4 is 4.74 Å². The summed E-state index contributed by atoms with van der Waals surface area (Å²) in [5, 5.41) is 9.99. The Labute approximate surface area is 112 Å². The normalized spacial score (nSPS) is 10.9. The maximum absolute atomic E-state index is 12.4. The van der Waals surface area contributed by atoms with Crippen molar-refractivity contribution in [3.63, 3.8) is 0 Å². The first-order valence-electron chi connectivity index (χ1n) is 5.23. The first-order valence-corrected chi connectivity index (χ1v) is 6.11. The predicted octanol–water partition coefficient (Wildman–Crippen LogP) is 2.67. The van der Waals surface area contributed by atoms with E-state index in [1.165, 1.54) is 13.2 Å². The molecule has 8 heteroatoms. The van der Waals surface area contributed by atoms with E-state index in [0.29, 0.717) is 4.90 Å². The molecule has 4 nitrogen and oxygen atoms in total. The highest BCUT2D eigenvalue weighted by atomic mass is 32.1. The zero-order valence-corrected chi connectivity index (χ0v) is 10.8. The van der Waals surface area contributed by atoms with E-state index in [1.807, 2.05) is 0 Å². The van der Waals surface area contributed by atoms with Gasteiger partial charge in [0.2, 0.25) is 0 Å². The number of nitrogens with zero attached hydrogens (tertiary/aromatic N) is 2. The molecule has 0 N–H and O–H groups in total. The summed E-state index contributed by atoms with van der Waals surface area (Å²) in [4.78, 5) is 12.7. The van der Waals surface area contributed by atoms with Gasteiger partial charge in [-0.3, -0.25) is 4.79 Å². The largest absolute Gasteiger partial charge is 0.495 e. The molecule has 1 aromatic rings. The Morgan fingerprint density at radius 3 is 2.79 bits per heavy atom. The van der Waals surface area contributed by atoms with Gasteiger partial charge in [0.15, 0.2) is 0 Å². The molecule has 0 radical (unpaired) electrons. The Morgan fingerprint density at radius 1 is 1.58 bits per heavy atom. The molecule has 0 aliphatic rings. The number of ether oxygens (including phenoxy) is 1. The molecule has 0 aliphatic carbocycles. The lowest BCUT2D eigenvalue weighted by atomic mass is 10.3. The smallest absolute Gasteiger partial charge is 0.406 e. The molecule has 1 aromatic heterocycles. The molecule has 19 heavy (non-hydrogen) atoms. The molecule has 0 bridgehead atoms. The minimum absolute atomic E-state index is 0.102. The Hall–Kier alpha value is -1.75. The molecule has 0 saturated heterocycles. The lowest BCUT2D eigenvalue weighted by Gasteiger charge is -2.22. The minimum atomic E-state index is -4.50. The molecule has 0 aromatic carbocycles. The molecule has 0 fully saturated rings. The van der Waals surface area contributed by atoms with Crippen LogP contribution in [0, 0.1) is 11.3 Å². The van der Waals surface area contributed by atoms with Crippen molar-refractivity contribution in [3.05, 3.63) is 16.3 Å². The van der Waals surface area contributed by atoms with Crippen LogP contribution in [0.25, 0.3) is 0 Å². The summed E-state index contributed by atoms with van der Waals surface area (Å²) >= 11 is 1.00. The van der Waals surface area contributed by atoms with Crippen LogP contribution in [0.1, 0.15) is 16.1 Å². The highest BCUT2D eigenvalue weighted by molar-refractivity contribution is 7.12. The van der Waals surface area contributed by atoms with E-state index in [9.17, 15) is 18.0 Å². The molecule has 1 heterocycles. The second kappa shape index (κ2) is 6.43. The van der Waals surface area contributed by atoms with Gasteiger partial charge in [0, 0.05) is 6.54 Å². The third kappa shape index (κ3) is 4.44. The number of halogens is 3. The van der Waals surface area contributed by atoms with E-state index in [2.05, 4.69) is 0 Å². The number of thiophene rings is 1. The summed E-state index contributed by atoms with van der Waals surface area (Å²) < 4.78 is 42.1. The number of alkyl halides is 3. The minimum Gasteiger partial charge on any atom is -0.495 e. The Bertz CT molecular complexity index is 479. The van der Waals surface area contributed by atoms with Crippen molar-refractivity contribution in [1.29, 1.82) is 5.26 Å². The van der Waals surface area contributed by atoms with Crippen LogP contribution in [0.15, 0.2) is 11.4 Å². The SMILES string of the molecule is COc1ccsc1C(=O)N(CCC#N)CC(F)(F)F. The monoisotopic (exact) mass is 292 g/mol. The third-order valence-electron chi connectivity index (χ3n) is 2.19. The van der Waals surface area contributed by atoms with E-state index >= 15 is 0 Å². The van der Waals surface area contributed by atoms with Crippen LogP contribution in [0.2, 0.25) is 0 Å². The Balaban J connectivity index is 2.91. The summed E-state index contributed by atoms with van der Waals surface area (Å²) in [6.45, 7) is -1.65. The number of carbonyl (C=O) groups is 1. The van der Waals surface area contributed by atoms with Gasteiger partial charge >= 0.3 is 6.18 Å². The highest BCUT2D eigenvalue weighted by Gasteiger charge is 2.34. The molecule has 0 saturated carbocycles. The van der Waals surface area contributed by atoms with Gasteiger partial charge in [0.1, 0.15) is 17.2 Å². The highest BCUT2D eigenvalue weighted by Crippen LogP contribution is 2.27. The second-order valence-corrected chi connectivity index (χ2v) is 4.48.